The lowest BCUT2D eigenvalue weighted by Gasteiger charge is -2.48. The van der Waals surface area contributed by atoms with Gasteiger partial charge in [0.1, 0.15) is 17.1 Å². The summed E-state index contributed by atoms with van der Waals surface area (Å²) in [6.07, 6.45) is -2.79. The molecular formula is C17H15F5N6O2S. The van der Waals surface area contributed by atoms with Crippen LogP contribution >= 0.6 is 0 Å². The van der Waals surface area contributed by atoms with Crippen molar-refractivity contribution < 1.29 is 30.4 Å². The van der Waals surface area contributed by atoms with Gasteiger partial charge in [0.15, 0.2) is 5.82 Å². The van der Waals surface area contributed by atoms with Crippen molar-refractivity contribution in [3.05, 3.63) is 54.0 Å². The van der Waals surface area contributed by atoms with Crippen molar-refractivity contribution in [2.75, 3.05) is 25.0 Å². The molecule has 1 fully saturated rings. The minimum Gasteiger partial charge on any atom is -0.382 e. The molecule has 14 heteroatoms. The number of benzene rings is 1. The first kappa shape index (κ1) is 21.4. The molecule has 0 bridgehead atoms. The second-order valence-corrected chi connectivity index (χ2v) is 8.75. The molecule has 31 heavy (non-hydrogen) atoms. The molecule has 4 rings (SSSR count). The van der Waals surface area contributed by atoms with Crippen LogP contribution in [-0.2, 0) is 21.9 Å². The average Bonchev–Trinajstić information content (AvgIpc) is 3.05. The smallest absolute Gasteiger partial charge is 0.382 e. The van der Waals surface area contributed by atoms with E-state index in [4.69, 9.17) is 5.14 Å². The number of aromatic nitrogens is 3. The van der Waals surface area contributed by atoms with Crippen LogP contribution in [0.25, 0.3) is 10.9 Å². The average molecular weight is 462 g/mol. The summed E-state index contributed by atoms with van der Waals surface area (Å²) in [7, 11) is -4.03. The standard InChI is InChI=1S/C17H15F5N6O2S/c18-10-1-2-13-12(3-10)14(4-15(26-13)17(20,21)22)24-7-16(28-6-11(19)5-25-28)8-27(9-16)31(23,29)30/h1-6H,7-9H2,(H,24,26)(H2,23,29,30). The summed E-state index contributed by atoms with van der Waals surface area (Å²) in [5, 5.41) is 11.9. The number of alkyl halides is 3. The number of nitrogens with two attached hydrogens (primary N) is 1. The molecule has 166 valence electrons. The van der Waals surface area contributed by atoms with Gasteiger partial charge in [-0.3, -0.25) is 4.68 Å². The van der Waals surface area contributed by atoms with Crippen molar-refractivity contribution in [1.82, 2.24) is 19.1 Å². The third-order valence-corrected chi connectivity index (χ3v) is 5.99. The Balaban J connectivity index is 1.71. The molecule has 0 saturated carbocycles. The summed E-state index contributed by atoms with van der Waals surface area (Å²) in [4.78, 5) is 3.53. The SMILES string of the molecule is NS(=O)(=O)N1CC(CNc2cc(C(F)(F)F)nc3ccc(F)cc23)(n2cc(F)cn2)C1. The molecule has 3 aromatic rings. The molecule has 1 saturated heterocycles. The van der Waals surface area contributed by atoms with Gasteiger partial charge < -0.3 is 5.32 Å². The maximum atomic E-state index is 13.7. The fourth-order valence-electron chi connectivity index (χ4n) is 3.44. The quantitative estimate of drug-likeness (QED) is 0.565. The van der Waals surface area contributed by atoms with Gasteiger partial charge in [0.05, 0.1) is 17.9 Å². The number of nitrogens with one attached hydrogen (secondary N) is 1. The fourth-order valence-corrected chi connectivity index (χ4v) is 4.28. The van der Waals surface area contributed by atoms with E-state index in [2.05, 4.69) is 15.4 Å². The predicted octanol–water partition coefficient (Wildman–Crippen LogP) is 2.05. The van der Waals surface area contributed by atoms with E-state index in [0.29, 0.717) is 0 Å². The highest BCUT2D eigenvalue weighted by molar-refractivity contribution is 7.86. The number of fused-ring (bicyclic) bond motifs is 1. The van der Waals surface area contributed by atoms with Gasteiger partial charge in [-0.05, 0) is 24.3 Å². The van der Waals surface area contributed by atoms with Gasteiger partial charge in [0, 0.05) is 30.7 Å². The molecule has 0 amide bonds. The van der Waals surface area contributed by atoms with Gasteiger partial charge in [0.2, 0.25) is 0 Å². The van der Waals surface area contributed by atoms with Crippen molar-refractivity contribution in [1.29, 1.82) is 0 Å². The number of pyridine rings is 1. The predicted molar refractivity (Wildman–Crippen MR) is 100 cm³/mol. The van der Waals surface area contributed by atoms with E-state index in [1.807, 2.05) is 0 Å². The maximum Gasteiger partial charge on any atom is 0.433 e. The molecular weight excluding hydrogens is 447 g/mol. The van der Waals surface area contributed by atoms with E-state index in [9.17, 15) is 30.4 Å². The minimum atomic E-state index is -4.75. The molecule has 3 heterocycles. The molecule has 0 radical (unpaired) electrons. The van der Waals surface area contributed by atoms with E-state index in [-0.39, 0.29) is 36.2 Å². The molecule has 3 N–H and O–H groups in total. The highest BCUT2D eigenvalue weighted by atomic mass is 32.2. The second-order valence-electron chi connectivity index (χ2n) is 7.21. The first-order chi connectivity index (χ1) is 14.4. The lowest BCUT2D eigenvalue weighted by molar-refractivity contribution is -0.140. The summed E-state index contributed by atoms with van der Waals surface area (Å²) in [6.45, 7) is -0.528. The van der Waals surface area contributed by atoms with Crippen molar-refractivity contribution >= 4 is 26.8 Å². The third-order valence-electron chi connectivity index (χ3n) is 5.01. The second kappa shape index (κ2) is 7.10. The molecule has 1 aliphatic heterocycles. The van der Waals surface area contributed by atoms with Crippen molar-refractivity contribution in [3.8, 4) is 0 Å². The van der Waals surface area contributed by atoms with Crippen LogP contribution in [0.4, 0.5) is 27.6 Å². The van der Waals surface area contributed by atoms with Crippen molar-refractivity contribution in [2.24, 2.45) is 5.14 Å². The van der Waals surface area contributed by atoms with Gasteiger partial charge in [0.25, 0.3) is 10.2 Å². The Morgan fingerprint density at radius 3 is 2.45 bits per heavy atom. The topological polar surface area (TPSA) is 106 Å². The fraction of sp³-hybridized carbons (Fsp3) is 0.294. The number of hydrogen-bond donors (Lipinski definition) is 2. The Morgan fingerprint density at radius 2 is 1.87 bits per heavy atom. The molecule has 1 aromatic carbocycles. The van der Waals surface area contributed by atoms with Crippen LogP contribution in [0.5, 0.6) is 0 Å². The van der Waals surface area contributed by atoms with E-state index < -0.39 is 39.3 Å². The van der Waals surface area contributed by atoms with Crippen LogP contribution in [0.2, 0.25) is 0 Å². The van der Waals surface area contributed by atoms with E-state index in [1.54, 1.807) is 0 Å². The zero-order valence-corrected chi connectivity index (χ0v) is 16.4. The maximum absolute atomic E-state index is 13.7. The van der Waals surface area contributed by atoms with Crippen LogP contribution < -0.4 is 10.5 Å². The van der Waals surface area contributed by atoms with Crippen LogP contribution in [0, 0.1) is 11.6 Å². The molecule has 2 aromatic heterocycles. The van der Waals surface area contributed by atoms with Crippen LogP contribution in [0.3, 0.4) is 0 Å². The molecule has 8 nitrogen and oxygen atoms in total. The summed E-state index contributed by atoms with van der Waals surface area (Å²) in [5.74, 6) is -1.35. The van der Waals surface area contributed by atoms with Gasteiger partial charge in [-0.1, -0.05) is 0 Å². The first-order valence-electron chi connectivity index (χ1n) is 8.77. The Labute approximate surface area is 172 Å². The van der Waals surface area contributed by atoms with E-state index >= 15 is 0 Å². The molecule has 0 spiro atoms. The molecule has 0 atom stereocenters. The number of anilines is 1. The zero-order valence-electron chi connectivity index (χ0n) is 15.6. The van der Waals surface area contributed by atoms with Crippen LogP contribution in [-0.4, -0.2) is 47.1 Å². The molecule has 1 aliphatic rings. The lowest BCUT2D eigenvalue weighted by Crippen LogP contribution is -2.68. The monoisotopic (exact) mass is 462 g/mol. The molecule has 0 unspecified atom stereocenters. The number of halogens is 5. The Kier molecular flexibility index (Phi) is 4.90. The van der Waals surface area contributed by atoms with Crippen LogP contribution in [0.15, 0.2) is 36.7 Å². The van der Waals surface area contributed by atoms with Gasteiger partial charge >= 0.3 is 6.18 Å². The summed E-state index contributed by atoms with van der Waals surface area (Å²) >= 11 is 0. The Bertz CT molecular complexity index is 1250. The summed E-state index contributed by atoms with van der Waals surface area (Å²) in [5.41, 5.74) is -2.47. The zero-order chi connectivity index (χ0) is 22.6. The number of rotatable bonds is 5. The largest absolute Gasteiger partial charge is 0.433 e. The lowest BCUT2D eigenvalue weighted by atomic mass is 9.92. The highest BCUT2D eigenvalue weighted by Crippen LogP contribution is 2.35. The Morgan fingerprint density at radius 1 is 1.16 bits per heavy atom. The minimum absolute atomic E-state index is 0.0714. The normalized spacial score (nSPS) is 17.0. The van der Waals surface area contributed by atoms with Gasteiger partial charge in [-0.2, -0.15) is 31.0 Å². The van der Waals surface area contributed by atoms with E-state index in [1.165, 1.54) is 4.68 Å². The number of hydrogen-bond acceptors (Lipinski definition) is 5. The highest BCUT2D eigenvalue weighted by Gasteiger charge is 2.49. The van der Waals surface area contributed by atoms with E-state index in [0.717, 1.165) is 41.0 Å². The van der Waals surface area contributed by atoms with Crippen molar-refractivity contribution in [2.45, 2.75) is 11.7 Å². The Hall–Kier alpha value is -2.84. The third kappa shape index (κ3) is 4.05. The summed E-state index contributed by atoms with van der Waals surface area (Å²) in [6, 6.07) is 3.87. The first-order valence-corrected chi connectivity index (χ1v) is 10.3. The van der Waals surface area contributed by atoms with Crippen LogP contribution in [0.1, 0.15) is 5.69 Å². The number of nitrogens with zero attached hydrogens (tertiary/aromatic N) is 4. The van der Waals surface area contributed by atoms with Gasteiger partial charge in [-0.25, -0.2) is 18.9 Å². The summed E-state index contributed by atoms with van der Waals surface area (Å²) < 4.78 is 92.3. The van der Waals surface area contributed by atoms with Crippen molar-refractivity contribution in [3.63, 3.8) is 0 Å². The van der Waals surface area contributed by atoms with Gasteiger partial charge in [-0.15, -0.1) is 0 Å². The molecule has 0 aliphatic carbocycles.